The van der Waals surface area contributed by atoms with E-state index in [4.69, 9.17) is 4.74 Å². The fourth-order valence-electron chi connectivity index (χ4n) is 2.07. The van der Waals surface area contributed by atoms with Gasteiger partial charge in [-0.15, -0.1) is 0 Å². The highest BCUT2D eigenvalue weighted by Gasteiger charge is 2.37. The Morgan fingerprint density at radius 3 is 2.63 bits per heavy atom. The van der Waals surface area contributed by atoms with Gasteiger partial charge < -0.3 is 9.84 Å². The van der Waals surface area contributed by atoms with Crippen molar-refractivity contribution in [3.05, 3.63) is 35.9 Å². The number of sulfone groups is 1. The van der Waals surface area contributed by atoms with Crippen molar-refractivity contribution in [1.82, 2.24) is 0 Å². The molecular weight excluding hydrogens is 268 g/mol. The fraction of sp³-hybridized carbons (Fsp3) is 0.462. The highest BCUT2D eigenvalue weighted by Crippen LogP contribution is 2.21. The Kier molecular flexibility index (Phi) is 4.21. The number of carbonyl (C=O) groups is 1. The minimum absolute atomic E-state index is 0.0742. The third-order valence-electron chi connectivity index (χ3n) is 3.16. The molecule has 1 aliphatic heterocycles. The van der Waals surface area contributed by atoms with Crippen molar-refractivity contribution in [2.24, 2.45) is 5.92 Å². The molecule has 1 aromatic rings. The number of carbonyl (C=O) groups excluding carboxylic acids is 1. The van der Waals surface area contributed by atoms with Gasteiger partial charge in [-0.25, -0.2) is 8.42 Å². The Morgan fingerprint density at radius 2 is 2.00 bits per heavy atom. The summed E-state index contributed by atoms with van der Waals surface area (Å²) >= 11 is 0. The molecule has 1 N–H and O–H groups in total. The number of esters is 1. The number of benzene rings is 1. The average molecular weight is 284 g/mol. The molecule has 2 unspecified atom stereocenters. The van der Waals surface area contributed by atoms with Crippen LogP contribution in [0, 0.1) is 5.92 Å². The second-order valence-electron chi connectivity index (χ2n) is 4.67. The molecule has 6 heteroatoms. The number of hydrogen-bond acceptors (Lipinski definition) is 5. The van der Waals surface area contributed by atoms with Gasteiger partial charge in [0.25, 0.3) is 0 Å². The van der Waals surface area contributed by atoms with Gasteiger partial charge in [-0.3, -0.25) is 4.79 Å². The molecule has 1 heterocycles. The van der Waals surface area contributed by atoms with Crippen LogP contribution in [0.5, 0.6) is 0 Å². The van der Waals surface area contributed by atoms with Crippen LogP contribution in [0.25, 0.3) is 0 Å². The molecule has 0 radical (unpaired) electrons. The zero-order valence-corrected chi connectivity index (χ0v) is 11.2. The largest absolute Gasteiger partial charge is 0.461 e. The number of hydrogen-bond donors (Lipinski definition) is 1. The van der Waals surface area contributed by atoms with Crippen LogP contribution in [-0.2, 0) is 26.0 Å². The van der Waals surface area contributed by atoms with Gasteiger partial charge >= 0.3 is 5.97 Å². The summed E-state index contributed by atoms with van der Waals surface area (Å²) in [5.41, 5.74) is 0.855. The molecule has 1 aliphatic rings. The van der Waals surface area contributed by atoms with Gasteiger partial charge in [0.2, 0.25) is 0 Å². The van der Waals surface area contributed by atoms with E-state index in [1.165, 1.54) is 0 Å². The van der Waals surface area contributed by atoms with Crippen LogP contribution < -0.4 is 0 Å². The summed E-state index contributed by atoms with van der Waals surface area (Å²) in [6.07, 6.45) is -1.04. The molecule has 0 spiro atoms. The summed E-state index contributed by atoms with van der Waals surface area (Å²) in [4.78, 5) is 11.8. The van der Waals surface area contributed by atoms with Gasteiger partial charge in [-0.2, -0.15) is 0 Å². The first kappa shape index (κ1) is 14.0. The molecule has 1 saturated heterocycles. The van der Waals surface area contributed by atoms with E-state index in [2.05, 4.69) is 0 Å². The summed E-state index contributed by atoms with van der Waals surface area (Å²) in [7, 11) is -3.22. The van der Waals surface area contributed by atoms with Crippen molar-refractivity contribution < 1.29 is 23.1 Å². The first-order valence-corrected chi connectivity index (χ1v) is 7.89. The SMILES string of the molecule is O=C(OCc1ccccc1)C1CCS(=O)(=O)CC1O. The van der Waals surface area contributed by atoms with Crippen molar-refractivity contribution in [1.29, 1.82) is 0 Å². The molecule has 0 saturated carbocycles. The van der Waals surface area contributed by atoms with Crippen molar-refractivity contribution >= 4 is 15.8 Å². The number of aliphatic hydroxyl groups excluding tert-OH is 1. The van der Waals surface area contributed by atoms with Crippen LogP contribution in [-0.4, -0.2) is 37.1 Å². The molecule has 2 atom stereocenters. The van der Waals surface area contributed by atoms with Crippen LogP contribution in [0.4, 0.5) is 0 Å². The van der Waals surface area contributed by atoms with Gasteiger partial charge in [0.1, 0.15) is 6.61 Å². The fourth-order valence-corrected chi connectivity index (χ4v) is 3.60. The minimum Gasteiger partial charge on any atom is -0.461 e. The van der Waals surface area contributed by atoms with Crippen molar-refractivity contribution in [2.75, 3.05) is 11.5 Å². The molecule has 0 aromatic heterocycles. The van der Waals surface area contributed by atoms with E-state index in [1.54, 1.807) is 0 Å². The Balaban J connectivity index is 1.90. The summed E-state index contributed by atoms with van der Waals surface area (Å²) in [6.45, 7) is 0.135. The van der Waals surface area contributed by atoms with Gasteiger partial charge in [-0.05, 0) is 12.0 Å². The van der Waals surface area contributed by atoms with Gasteiger partial charge in [-0.1, -0.05) is 30.3 Å². The van der Waals surface area contributed by atoms with E-state index in [0.717, 1.165) is 5.56 Å². The lowest BCUT2D eigenvalue weighted by molar-refractivity contribution is -0.153. The maximum atomic E-state index is 11.8. The van der Waals surface area contributed by atoms with E-state index >= 15 is 0 Å². The Morgan fingerprint density at radius 1 is 1.32 bits per heavy atom. The second kappa shape index (κ2) is 5.71. The van der Waals surface area contributed by atoms with E-state index < -0.39 is 27.8 Å². The molecule has 19 heavy (non-hydrogen) atoms. The standard InChI is InChI=1S/C13H16O5S/c14-12-9-19(16,17)7-6-11(12)13(15)18-8-10-4-2-1-3-5-10/h1-5,11-12,14H,6-9H2. The molecule has 0 amide bonds. The monoisotopic (exact) mass is 284 g/mol. The number of rotatable bonds is 3. The number of ether oxygens (including phenoxy) is 1. The van der Waals surface area contributed by atoms with Crippen molar-refractivity contribution in [2.45, 2.75) is 19.1 Å². The molecule has 1 fully saturated rings. The third kappa shape index (κ3) is 3.78. The first-order valence-electron chi connectivity index (χ1n) is 6.07. The van der Waals surface area contributed by atoms with Crippen LogP contribution in [0.2, 0.25) is 0 Å². The quantitative estimate of drug-likeness (QED) is 0.819. The van der Waals surface area contributed by atoms with Crippen molar-refractivity contribution in [3.63, 3.8) is 0 Å². The van der Waals surface area contributed by atoms with Gasteiger partial charge in [0, 0.05) is 0 Å². The summed E-state index contributed by atoms with van der Waals surface area (Å²) < 4.78 is 27.7. The normalized spacial score (nSPS) is 25.7. The van der Waals surface area contributed by atoms with Gasteiger partial charge in [0.15, 0.2) is 9.84 Å². The predicted octanol–water partition coefficient (Wildman–Crippen LogP) is 0.525. The summed E-state index contributed by atoms with van der Waals surface area (Å²) in [5.74, 6) is -1.72. The maximum absolute atomic E-state index is 11.8. The van der Waals surface area contributed by atoms with Crippen LogP contribution in [0.3, 0.4) is 0 Å². The van der Waals surface area contributed by atoms with Crippen molar-refractivity contribution in [3.8, 4) is 0 Å². The number of aliphatic hydroxyl groups is 1. The van der Waals surface area contributed by atoms with Crippen LogP contribution >= 0.6 is 0 Å². The lowest BCUT2D eigenvalue weighted by Crippen LogP contribution is -2.41. The molecular formula is C13H16O5S. The molecule has 104 valence electrons. The van der Waals surface area contributed by atoms with Crippen LogP contribution in [0.15, 0.2) is 30.3 Å². The summed E-state index contributed by atoms with van der Waals surface area (Å²) in [6, 6.07) is 9.20. The highest BCUT2D eigenvalue weighted by atomic mass is 32.2. The average Bonchev–Trinajstić information content (AvgIpc) is 2.36. The third-order valence-corrected chi connectivity index (χ3v) is 4.86. The Labute approximate surface area is 112 Å². The van der Waals surface area contributed by atoms with E-state index in [0.29, 0.717) is 0 Å². The topological polar surface area (TPSA) is 80.7 Å². The zero-order valence-electron chi connectivity index (χ0n) is 10.4. The lowest BCUT2D eigenvalue weighted by atomic mass is 10.0. The first-order chi connectivity index (χ1) is 8.98. The van der Waals surface area contributed by atoms with E-state index in [9.17, 15) is 18.3 Å². The summed E-state index contributed by atoms with van der Waals surface area (Å²) in [5, 5.41) is 9.69. The highest BCUT2D eigenvalue weighted by molar-refractivity contribution is 7.91. The maximum Gasteiger partial charge on any atom is 0.311 e. The minimum atomic E-state index is -3.22. The van der Waals surface area contributed by atoms with E-state index in [-0.39, 0.29) is 24.5 Å². The van der Waals surface area contributed by atoms with Crippen LogP contribution in [0.1, 0.15) is 12.0 Å². The molecule has 0 aliphatic carbocycles. The lowest BCUT2D eigenvalue weighted by Gasteiger charge is -2.25. The molecule has 1 aromatic carbocycles. The van der Waals surface area contributed by atoms with Gasteiger partial charge in [0.05, 0.1) is 23.5 Å². The molecule has 0 bridgehead atoms. The molecule has 5 nitrogen and oxygen atoms in total. The van der Waals surface area contributed by atoms with E-state index in [1.807, 2.05) is 30.3 Å². The predicted molar refractivity (Wildman–Crippen MR) is 69.0 cm³/mol. The zero-order chi connectivity index (χ0) is 13.9. The Hall–Kier alpha value is -1.40. The smallest absolute Gasteiger partial charge is 0.311 e. The Bertz CT molecular complexity index is 537. The molecule has 2 rings (SSSR count). The second-order valence-corrected chi connectivity index (χ2v) is 6.90.